The van der Waals surface area contributed by atoms with Crippen molar-refractivity contribution in [1.29, 1.82) is 0 Å². The molecular formula is C24H19FN2O3S. The lowest BCUT2D eigenvalue weighted by Crippen LogP contribution is -2.38. The highest BCUT2D eigenvalue weighted by molar-refractivity contribution is 7.19. The van der Waals surface area contributed by atoms with Gasteiger partial charge in [0.1, 0.15) is 16.4 Å². The molecule has 0 N–H and O–H groups in total. The Hall–Kier alpha value is -3.63. The molecule has 0 spiro atoms. The first kappa shape index (κ1) is 20.6. The van der Waals surface area contributed by atoms with Crippen LogP contribution in [0.1, 0.15) is 16.0 Å². The van der Waals surface area contributed by atoms with E-state index in [0.717, 1.165) is 15.9 Å². The van der Waals surface area contributed by atoms with Crippen molar-refractivity contribution in [2.45, 2.75) is 13.0 Å². The molecule has 0 aliphatic carbocycles. The van der Waals surface area contributed by atoms with Crippen LogP contribution in [0, 0.1) is 17.7 Å². The highest BCUT2D eigenvalue weighted by atomic mass is 32.1. The fraction of sp³-hybridized carbons (Fsp3) is 0.167. The van der Waals surface area contributed by atoms with Crippen molar-refractivity contribution in [1.82, 2.24) is 9.13 Å². The highest BCUT2D eigenvalue weighted by Crippen LogP contribution is 2.21. The zero-order valence-corrected chi connectivity index (χ0v) is 17.8. The molecule has 4 rings (SSSR count). The molecule has 0 fully saturated rings. The fourth-order valence-electron chi connectivity index (χ4n) is 3.32. The van der Waals surface area contributed by atoms with Crippen molar-refractivity contribution in [2.24, 2.45) is 7.05 Å². The van der Waals surface area contributed by atoms with Gasteiger partial charge in [-0.3, -0.25) is 13.9 Å². The molecule has 0 aliphatic rings. The van der Waals surface area contributed by atoms with Crippen LogP contribution < -0.4 is 16.0 Å². The van der Waals surface area contributed by atoms with E-state index in [2.05, 4.69) is 11.8 Å². The second-order valence-corrected chi connectivity index (χ2v) is 8.05. The van der Waals surface area contributed by atoms with E-state index in [9.17, 15) is 14.0 Å². The van der Waals surface area contributed by atoms with E-state index in [1.807, 2.05) is 24.3 Å². The number of benzene rings is 2. The molecule has 0 radical (unpaired) electrons. The number of thiophene rings is 1. The molecule has 7 heteroatoms. The van der Waals surface area contributed by atoms with E-state index in [0.29, 0.717) is 27.1 Å². The Bertz CT molecular complexity index is 1450. The normalized spacial score (nSPS) is 10.7. The van der Waals surface area contributed by atoms with Crippen molar-refractivity contribution in [3.8, 4) is 17.6 Å². The van der Waals surface area contributed by atoms with Gasteiger partial charge < -0.3 is 4.74 Å². The van der Waals surface area contributed by atoms with Gasteiger partial charge in [0.15, 0.2) is 0 Å². The fourth-order valence-corrected chi connectivity index (χ4v) is 4.30. The second-order valence-electron chi connectivity index (χ2n) is 7.02. The maximum absolute atomic E-state index is 13.5. The number of hydrogen-bond donors (Lipinski definition) is 0. The van der Waals surface area contributed by atoms with Crippen molar-refractivity contribution in [3.63, 3.8) is 0 Å². The smallest absolute Gasteiger partial charge is 0.332 e. The molecule has 2 aromatic carbocycles. The zero-order valence-electron chi connectivity index (χ0n) is 17.0. The standard InChI is InChI=1S/C24H19FN2O3S/c1-26-23-21(22(28)27(24(26)29)15-17-8-3-9-18(25)12-17)14-20(31-23)11-5-7-16-6-4-10-19(13-16)30-2/h3-4,6,8-10,12-14H,7,15H2,1-2H3. The Labute approximate surface area is 182 Å². The van der Waals surface area contributed by atoms with Crippen LogP contribution in [-0.2, 0) is 20.0 Å². The van der Waals surface area contributed by atoms with E-state index < -0.39 is 17.1 Å². The largest absolute Gasteiger partial charge is 0.497 e. The van der Waals surface area contributed by atoms with Crippen LogP contribution in [-0.4, -0.2) is 16.2 Å². The number of fused-ring (bicyclic) bond motifs is 1. The predicted molar refractivity (Wildman–Crippen MR) is 120 cm³/mol. The molecule has 2 aromatic heterocycles. The van der Waals surface area contributed by atoms with Gasteiger partial charge in [0.25, 0.3) is 5.56 Å². The summed E-state index contributed by atoms with van der Waals surface area (Å²) in [4.78, 5) is 27.0. The van der Waals surface area contributed by atoms with Gasteiger partial charge in [-0.25, -0.2) is 9.18 Å². The van der Waals surface area contributed by atoms with Crippen LogP contribution in [0.5, 0.6) is 5.75 Å². The quantitative estimate of drug-likeness (QED) is 0.462. The molecule has 0 bridgehead atoms. The molecule has 0 aliphatic heterocycles. The van der Waals surface area contributed by atoms with E-state index >= 15 is 0 Å². The van der Waals surface area contributed by atoms with E-state index in [1.165, 1.54) is 28.0 Å². The van der Waals surface area contributed by atoms with Crippen LogP contribution in [0.15, 0.2) is 64.2 Å². The molecule has 0 saturated carbocycles. The highest BCUT2D eigenvalue weighted by Gasteiger charge is 2.14. The van der Waals surface area contributed by atoms with Crippen LogP contribution in [0.3, 0.4) is 0 Å². The van der Waals surface area contributed by atoms with Gasteiger partial charge >= 0.3 is 5.69 Å². The van der Waals surface area contributed by atoms with Crippen LogP contribution in [0.2, 0.25) is 0 Å². The number of nitrogens with zero attached hydrogens (tertiary/aromatic N) is 2. The van der Waals surface area contributed by atoms with Crippen LogP contribution >= 0.6 is 11.3 Å². The van der Waals surface area contributed by atoms with Crippen molar-refractivity contribution < 1.29 is 9.13 Å². The summed E-state index contributed by atoms with van der Waals surface area (Å²) in [6.07, 6.45) is 0.536. The van der Waals surface area contributed by atoms with Gasteiger partial charge in [0.2, 0.25) is 0 Å². The van der Waals surface area contributed by atoms with E-state index in [1.54, 1.807) is 32.4 Å². The van der Waals surface area contributed by atoms with Crippen LogP contribution in [0.25, 0.3) is 10.2 Å². The van der Waals surface area contributed by atoms with Crippen molar-refractivity contribution >= 4 is 21.6 Å². The summed E-state index contributed by atoms with van der Waals surface area (Å²) in [6.45, 7) is 0.00586. The van der Waals surface area contributed by atoms with Crippen molar-refractivity contribution in [2.75, 3.05) is 7.11 Å². The average molecular weight is 434 g/mol. The monoisotopic (exact) mass is 434 g/mol. The predicted octanol–water partition coefficient (Wildman–Crippen LogP) is 3.55. The number of rotatable bonds is 4. The number of hydrogen-bond acceptors (Lipinski definition) is 4. The summed E-state index contributed by atoms with van der Waals surface area (Å²) in [6, 6.07) is 15.3. The third kappa shape index (κ3) is 4.30. The maximum Gasteiger partial charge on any atom is 0.332 e. The SMILES string of the molecule is COc1cccc(CC#Cc2cc3c(=O)n(Cc4cccc(F)c4)c(=O)n(C)c3s2)c1. The number of aromatic nitrogens is 2. The van der Waals surface area contributed by atoms with Crippen molar-refractivity contribution in [3.05, 3.63) is 97.3 Å². The molecule has 5 nitrogen and oxygen atoms in total. The minimum atomic E-state index is -0.445. The minimum absolute atomic E-state index is 0.00586. The topological polar surface area (TPSA) is 53.2 Å². The Balaban J connectivity index is 1.68. The molecule has 0 atom stereocenters. The molecule has 31 heavy (non-hydrogen) atoms. The zero-order chi connectivity index (χ0) is 22.0. The summed E-state index contributed by atoms with van der Waals surface area (Å²) >= 11 is 1.30. The molecule has 2 heterocycles. The van der Waals surface area contributed by atoms with E-state index in [4.69, 9.17) is 4.74 Å². The Morgan fingerprint density at radius 2 is 1.84 bits per heavy atom. The molecular weight excluding hydrogens is 415 g/mol. The average Bonchev–Trinajstić information content (AvgIpc) is 3.20. The third-order valence-corrected chi connectivity index (χ3v) is 6.01. The lowest BCUT2D eigenvalue weighted by atomic mass is 10.1. The summed E-state index contributed by atoms with van der Waals surface area (Å²) in [5.41, 5.74) is 0.726. The number of halogens is 1. The van der Waals surface area contributed by atoms with Gasteiger partial charge in [0, 0.05) is 13.5 Å². The maximum atomic E-state index is 13.5. The Morgan fingerprint density at radius 3 is 2.61 bits per heavy atom. The van der Waals surface area contributed by atoms with E-state index in [-0.39, 0.29) is 6.54 Å². The lowest BCUT2D eigenvalue weighted by molar-refractivity contribution is 0.414. The van der Waals surface area contributed by atoms with Crippen LogP contribution in [0.4, 0.5) is 4.39 Å². The summed E-state index contributed by atoms with van der Waals surface area (Å²) in [7, 11) is 3.24. The summed E-state index contributed by atoms with van der Waals surface area (Å²) in [5.74, 6) is 6.56. The first-order valence-electron chi connectivity index (χ1n) is 9.56. The number of aryl methyl sites for hydroxylation is 1. The third-order valence-electron chi connectivity index (χ3n) is 4.88. The molecule has 0 saturated heterocycles. The number of methoxy groups -OCH3 is 1. The second kappa shape index (κ2) is 8.62. The number of ether oxygens (including phenoxy) is 1. The lowest BCUT2D eigenvalue weighted by Gasteiger charge is -2.08. The Kier molecular flexibility index (Phi) is 5.74. The molecule has 0 unspecified atom stereocenters. The first-order chi connectivity index (χ1) is 15.0. The van der Waals surface area contributed by atoms with Gasteiger partial charge in [-0.15, -0.1) is 11.3 Å². The van der Waals surface area contributed by atoms with Gasteiger partial charge in [-0.05, 0) is 41.5 Å². The molecule has 4 aromatic rings. The van der Waals surface area contributed by atoms with Gasteiger partial charge in [0.05, 0.1) is 23.9 Å². The minimum Gasteiger partial charge on any atom is -0.497 e. The summed E-state index contributed by atoms with van der Waals surface area (Å²) in [5, 5.41) is 0.425. The van der Waals surface area contributed by atoms with Gasteiger partial charge in [-0.1, -0.05) is 36.1 Å². The Morgan fingerprint density at radius 1 is 1.06 bits per heavy atom. The molecule has 156 valence electrons. The first-order valence-corrected chi connectivity index (χ1v) is 10.4. The van der Waals surface area contributed by atoms with Gasteiger partial charge in [-0.2, -0.15) is 0 Å². The molecule has 0 amide bonds. The summed E-state index contributed by atoms with van der Waals surface area (Å²) < 4.78 is 21.3.